The molecule has 19 heavy (non-hydrogen) atoms. The number of rotatable bonds is 5. The first-order valence-corrected chi connectivity index (χ1v) is 6.27. The highest BCUT2D eigenvalue weighted by molar-refractivity contribution is 5.28. The average Bonchev–Trinajstić information content (AvgIpc) is 2.75. The average molecular weight is 261 g/mol. The molecule has 0 atom stereocenters. The van der Waals surface area contributed by atoms with E-state index < -0.39 is 0 Å². The van der Waals surface area contributed by atoms with E-state index in [1.54, 1.807) is 18.1 Å². The van der Waals surface area contributed by atoms with E-state index in [9.17, 15) is 0 Å². The molecule has 2 aromatic heterocycles. The van der Waals surface area contributed by atoms with Crippen molar-refractivity contribution in [3.05, 3.63) is 29.7 Å². The fourth-order valence-corrected chi connectivity index (χ4v) is 1.70. The maximum Gasteiger partial charge on any atom is 0.342 e. The van der Waals surface area contributed by atoms with Crippen molar-refractivity contribution < 1.29 is 4.74 Å². The maximum atomic E-state index is 5.60. The Morgan fingerprint density at radius 3 is 2.74 bits per heavy atom. The van der Waals surface area contributed by atoms with Crippen molar-refractivity contribution in [3.8, 4) is 11.9 Å². The Hall–Kier alpha value is -1.95. The molecule has 2 aromatic rings. The van der Waals surface area contributed by atoms with Crippen LogP contribution in [0.4, 0.5) is 0 Å². The first-order valence-electron chi connectivity index (χ1n) is 6.27. The standard InChI is InChI=1S/C13H19N5O/c1-9(2)11-5-10(7-14-3)6-12(16-11)19-13-15-8-18(4)17-13/h5-6,8-9,14H,7H2,1-4H3. The van der Waals surface area contributed by atoms with Crippen molar-refractivity contribution in [1.29, 1.82) is 0 Å². The van der Waals surface area contributed by atoms with Crippen LogP contribution in [0, 0.1) is 0 Å². The van der Waals surface area contributed by atoms with Gasteiger partial charge < -0.3 is 10.1 Å². The lowest BCUT2D eigenvalue weighted by atomic mass is 10.1. The van der Waals surface area contributed by atoms with Gasteiger partial charge in [-0.15, -0.1) is 5.10 Å². The van der Waals surface area contributed by atoms with Crippen LogP contribution in [-0.4, -0.2) is 26.8 Å². The van der Waals surface area contributed by atoms with Crippen LogP contribution in [0.25, 0.3) is 0 Å². The molecule has 2 rings (SSSR count). The SMILES string of the molecule is CNCc1cc(Oc2ncn(C)n2)nc(C(C)C)c1. The molecule has 1 N–H and O–H groups in total. The van der Waals surface area contributed by atoms with Crippen molar-refractivity contribution in [2.24, 2.45) is 7.05 Å². The number of hydrogen-bond acceptors (Lipinski definition) is 5. The van der Waals surface area contributed by atoms with Crippen molar-refractivity contribution in [2.75, 3.05) is 7.05 Å². The van der Waals surface area contributed by atoms with Crippen LogP contribution in [0.1, 0.15) is 31.0 Å². The Labute approximate surface area is 112 Å². The molecule has 0 bridgehead atoms. The van der Waals surface area contributed by atoms with E-state index in [-0.39, 0.29) is 0 Å². The lowest BCUT2D eigenvalue weighted by molar-refractivity contribution is 0.419. The number of pyridine rings is 1. The second-order valence-electron chi connectivity index (χ2n) is 4.73. The molecule has 0 saturated heterocycles. The third-order valence-corrected chi connectivity index (χ3v) is 2.63. The molecule has 6 nitrogen and oxygen atoms in total. The predicted octanol–water partition coefficient (Wildman–Crippen LogP) is 1.85. The number of ether oxygens (including phenoxy) is 1. The molecule has 0 saturated carbocycles. The molecule has 0 fully saturated rings. The van der Waals surface area contributed by atoms with Crippen LogP contribution in [-0.2, 0) is 13.6 Å². The number of hydrogen-bond donors (Lipinski definition) is 1. The highest BCUT2D eigenvalue weighted by Crippen LogP contribution is 2.21. The summed E-state index contributed by atoms with van der Waals surface area (Å²) in [4.78, 5) is 8.52. The zero-order valence-electron chi connectivity index (χ0n) is 11.7. The molecular weight excluding hydrogens is 242 g/mol. The summed E-state index contributed by atoms with van der Waals surface area (Å²) in [5, 5.41) is 7.21. The molecule has 0 aliphatic carbocycles. The van der Waals surface area contributed by atoms with Gasteiger partial charge in [0, 0.05) is 25.4 Å². The number of aromatic nitrogens is 4. The van der Waals surface area contributed by atoms with Gasteiger partial charge in [-0.3, -0.25) is 4.68 Å². The van der Waals surface area contributed by atoms with E-state index >= 15 is 0 Å². The second kappa shape index (κ2) is 5.79. The first-order chi connectivity index (χ1) is 9.08. The molecular formula is C13H19N5O. The fraction of sp³-hybridized carbons (Fsp3) is 0.462. The van der Waals surface area contributed by atoms with E-state index in [1.807, 2.05) is 13.1 Å². The number of nitrogens with one attached hydrogen (secondary N) is 1. The fourth-order valence-electron chi connectivity index (χ4n) is 1.70. The van der Waals surface area contributed by atoms with Crippen molar-refractivity contribution >= 4 is 0 Å². The van der Waals surface area contributed by atoms with Gasteiger partial charge in [-0.2, -0.15) is 4.98 Å². The third kappa shape index (κ3) is 3.51. The van der Waals surface area contributed by atoms with Gasteiger partial charge in [-0.05, 0) is 24.6 Å². The van der Waals surface area contributed by atoms with Gasteiger partial charge in [0.15, 0.2) is 0 Å². The van der Waals surface area contributed by atoms with Gasteiger partial charge in [0.1, 0.15) is 6.33 Å². The maximum absolute atomic E-state index is 5.60. The normalized spacial score (nSPS) is 11.0. The number of aryl methyl sites for hydroxylation is 1. The molecule has 0 spiro atoms. The Morgan fingerprint density at radius 2 is 2.16 bits per heavy atom. The largest absolute Gasteiger partial charge is 0.404 e. The van der Waals surface area contributed by atoms with Crippen molar-refractivity contribution in [2.45, 2.75) is 26.3 Å². The highest BCUT2D eigenvalue weighted by Gasteiger charge is 2.09. The summed E-state index contributed by atoms with van der Waals surface area (Å²) in [6.45, 7) is 4.98. The van der Waals surface area contributed by atoms with E-state index in [2.05, 4.69) is 40.3 Å². The third-order valence-electron chi connectivity index (χ3n) is 2.63. The van der Waals surface area contributed by atoms with Crippen molar-refractivity contribution in [3.63, 3.8) is 0 Å². The van der Waals surface area contributed by atoms with E-state index in [4.69, 9.17) is 4.74 Å². The summed E-state index contributed by atoms with van der Waals surface area (Å²) in [6.07, 6.45) is 1.59. The first kappa shape index (κ1) is 13.5. The Bertz CT molecular complexity index is 550. The minimum Gasteiger partial charge on any atom is -0.404 e. The van der Waals surface area contributed by atoms with Crippen LogP contribution in [0.5, 0.6) is 11.9 Å². The van der Waals surface area contributed by atoms with E-state index in [0.717, 1.165) is 17.8 Å². The molecule has 0 radical (unpaired) electrons. The van der Waals surface area contributed by atoms with Gasteiger partial charge in [-0.1, -0.05) is 13.8 Å². The lowest BCUT2D eigenvalue weighted by Crippen LogP contribution is -2.07. The summed E-state index contributed by atoms with van der Waals surface area (Å²) in [5.74, 6) is 0.874. The Morgan fingerprint density at radius 1 is 1.37 bits per heavy atom. The van der Waals surface area contributed by atoms with E-state index in [0.29, 0.717) is 17.8 Å². The molecule has 0 amide bonds. The molecule has 2 heterocycles. The molecule has 0 aromatic carbocycles. The quantitative estimate of drug-likeness (QED) is 0.889. The minimum absolute atomic E-state index is 0.311. The smallest absolute Gasteiger partial charge is 0.342 e. The zero-order chi connectivity index (χ0) is 13.8. The Balaban J connectivity index is 2.27. The summed E-state index contributed by atoms with van der Waals surface area (Å²) in [6, 6.07) is 4.30. The summed E-state index contributed by atoms with van der Waals surface area (Å²) in [7, 11) is 3.71. The van der Waals surface area contributed by atoms with E-state index in [1.165, 1.54) is 0 Å². The summed E-state index contributed by atoms with van der Waals surface area (Å²) < 4.78 is 7.19. The number of nitrogens with zero attached hydrogens (tertiary/aromatic N) is 4. The monoisotopic (exact) mass is 261 g/mol. The predicted molar refractivity (Wildman–Crippen MR) is 72.2 cm³/mol. The van der Waals surface area contributed by atoms with Crippen LogP contribution >= 0.6 is 0 Å². The second-order valence-corrected chi connectivity index (χ2v) is 4.73. The van der Waals surface area contributed by atoms with Crippen molar-refractivity contribution in [1.82, 2.24) is 25.1 Å². The highest BCUT2D eigenvalue weighted by atomic mass is 16.5. The topological polar surface area (TPSA) is 64.9 Å². The molecule has 102 valence electrons. The van der Waals surface area contributed by atoms with Gasteiger partial charge in [0.2, 0.25) is 5.88 Å². The van der Waals surface area contributed by atoms with Gasteiger partial charge in [0.05, 0.1) is 0 Å². The molecule has 0 aliphatic heterocycles. The molecule has 0 unspecified atom stereocenters. The van der Waals surface area contributed by atoms with Gasteiger partial charge >= 0.3 is 6.01 Å². The zero-order valence-corrected chi connectivity index (χ0v) is 11.7. The lowest BCUT2D eigenvalue weighted by Gasteiger charge is -2.10. The van der Waals surface area contributed by atoms with Crippen LogP contribution < -0.4 is 10.1 Å². The molecule has 6 heteroatoms. The summed E-state index contributed by atoms with van der Waals surface area (Å²) in [5.41, 5.74) is 2.13. The minimum atomic E-state index is 0.311. The van der Waals surface area contributed by atoms with Crippen LogP contribution in [0.15, 0.2) is 18.5 Å². The summed E-state index contributed by atoms with van der Waals surface area (Å²) >= 11 is 0. The molecule has 0 aliphatic rings. The van der Waals surface area contributed by atoms with Crippen LogP contribution in [0.2, 0.25) is 0 Å². The Kier molecular flexibility index (Phi) is 4.11. The van der Waals surface area contributed by atoms with Gasteiger partial charge in [0.25, 0.3) is 0 Å². The van der Waals surface area contributed by atoms with Gasteiger partial charge in [-0.25, -0.2) is 4.98 Å². The van der Waals surface area contributed by atoms with Crippen LogP contribution in [0.3, 0.4) is 0 Å².